The molecule has 0 amide bonds. The summed E-state index contributed by atoms with van der Waals surface area (Å²) in [5, 5.41) is 21.9. The summed E-state index contributed by atoms with van der Waals surface area (Å²) in [6.07, 6.45) is 2.75. The zero-order chi connectivity index (χ0) is 12.1. The topological polar surface area (TPSA) is 105 Å². The van der Waals surface area contributed by atoms with Crippen LogP contribution >= 0.6 is 11.3 Å². The molecular formula is C8H9N3O4S. The molecule has 1 heterocycles. The maximum Gasteiger partial charge on any atom is 0.345 e. The number of anilines is 1. The van der Waals surface area contributed by atoms with Crippen molar-refractivity contribution in [1.82, 2.24) is 4.98 Å². The molecule has 0 aliphatic heterocycles. The van der Waals surface area contributed by atoms with Gasteiger partial charge in [0, 0.05) is 0 Å². The zero-order valence-electron chi connectivity index (χ0n) is 8.12. The Bertz CT molecular complexity index is 417. The number of hydrogen-bond donors (Lipinski definition) is 2. The highest BCUT2D eigenvalue weighted by Gasteiger charge is 2.19. The molecule has 16 heavy (non-hydrogen) atoms. The third-order valence-corrected chi connectivity index (χ3v) is 2.55. The SMILES string of the molecule is C=CCC(Nc1ncc([N+](=O)[O-])s1)C(=O)O. The lowest BCUT2D eigenvalue weighted by molar-refractivity contribution is -0.380. The van der Waals surface area contributed by atoms with E-state index in [2.05, 4.69) is 16.9 Å². The van der Waals surface area contributed by atoms with Gasteiger partial charge in [-0.15, -0.1) is 6.58 Å². The quantitative estimate of drug-likeness (QED) is 0.445. The van der Waals surface area contributed by atoms with Gasteiger partial charge in [0.1, 0.15) is 12.2 Å². The van der Waals surface area contributed by atoms with Crippen molar-refractivity contribution in [1.29, 1.82) is 0 Å². The molecule has 0 fully saturated rings. The minimum absolute atomic E-state index is 0.134. The van der Waals surface area contributed by atoms with Crippen molar-refractivity contribution < 1.29 is 14.8 Å². The second-order valence-electron chi connectivity index (χ2n) is 2.82. The van der Waals surface area contributed by atoms with Gasteiger partial charge < -0.3 is 10.4 Å². The molecule has 1 aromatic rings. The van der Waals surface area contributed by atoms with E-state index in [1.807, 2.05) is 0 Å². The zero-order valence-corrected chi connectivity index (χ0v) is 8.94. The normalized spacial score (nSPS) is 11.8. The van der Waals surface area contributed by atoms with Crippen LogP contribution in [-0.4, -0.2) is 27.0 Å². The largest absolute Gasteiger partial charge is 0.480 e. The predicted octanol–water partition coefficient (Wildman–Crippen LogP) is 1.49. The van der Waals surface area contributed by atoms with Crippen molar-refractivity contribution in [3.05, 3.63) is 29.0 Å². The molecular weight excluding hydrogens is 234 g/mol. The maximum absolute atomic E-state index is 10.8. The molecule has 1 unspecified atom stereocenters. The van der Waals surface area contributed by atoms with E-state index < -0.39 is 16.9 Å². The number of nitrogens with zero attached hydrogens (tertiary/aromatic N) is 2. The third kappa shape index (κ3) is 3.02. The number of nitrogens with one attached hydrogen (secondary N) is 1. The van der Waals surface area contributed by atoms with Crippen LogP contribution in [0.4, 0.5) is 10.1 Å². The summed E-state index contributed by atoms with van der Waals surface area (Å²) in [5.41, 5.74) is 0. The summed E-state index contributed by atoms with van der Waals surface area (Å²) in [6.45, 7) is 3.43. The summed E-state index contributed by atoms with van der Waals surface area (Å²) in [6, 6.07) is -0.872. The van der Waals surface area contributed by atoms with E-state index in [0.717, 1.165) is 17.5 Å². The molecule has 1 rings (SSSR count). The molecule has 1 atom stereocenters. The second kappa shape index (κ2) is 5.21. The number of nitro groups is 1. The van der Waals surface area contributed by atoms with Crippen molar-refractivity contribution in [2.45, 2.75) is 12.5 Å². The second-order valence-corrected chi connectivity index (χ2v) is 3.83. The number of rotatable bonds is 6. The first kappa shape index (κ1) is 12.1. The number of aliphatic carboxylic acids is 1. The first-order valence-electron chi connectivity index (χ1n) is 4.25. The number of thiazole rings is 1. The lowest BCUT2D eigenvalue weighted by Crippen LogP contribution is -2.28. The van der Waals surface area contributed by atoms with Gasteiger partial charge in [-0.05, 0) is 17.8 Å². The van der Waals surface area contributed by atoms with Crippen LogP contribution in [0.5, 0.6) is 0 Å². The van der Waals surface area contributed by atoms with Gasteiger partial charge in [-0.1, -0.05) is 6.08 Å². The van der Waals surface area contributed by atoms with Gasteiger partial charge in [0.25, 0.3) is 0 Å². The van der Waals surface area contributed by atoms with Crippen LogP contribution in [0.3, 0.4) is 0 Å². The van der Waals surface area contributed by atoms with Crippen molar-refractivity contribution in [3.63, 3.8) is 0 Å². The van der Waals surface area contributed by atoms with Gasteiger partial charge in [-0.25, -0.2) is 9.78 Å². The van der Waals surface area contributed by atoms with Crippen molar-refractivity contribution in [2.75, 3.05) is 5.32 Å². The highest BCUT2D eigenvalue weighted by molar-refractivity contribution is 7.18. The van der Waals surface area contributed by atoms with Gasteiger partial charge in [-0.2, -0.15) is 0 Å². The number of aromatic nitrogens is 1. The molecule has 0 saturated carbocycles. The molecule has 86 valence electrons. The van der Waals surface area contributed by atoms with Gasteiger partial charge >= 0.3 is 11.0 Å². The van der Waals surface area contributed by atoms with Crippen LogP contribution in [0.15, 0.2) is 18.9 Å². The smallest absolute Gasteiger partial charge is 0.345 e. The Balaban J connectivity index is 2.73. The van der Waals surface area contributed by atoms with Gasteiger partial charge in [0.15, 0.2) is 5.13 Å². The molecule has 8 heteroatoms. The van der Waals surface area contributed by atoms with Crippen LogP contribution < -0.4 is 5.32 Å². The van der Waals surface area contributed by atoms with E-state index in [4.69, 9.17) is 5.11 Å². The lowest BCUT2D eigenvalue weighted by atomic mass is 10.2. The molecule has 1 aromatic heterocycles. The first-order valence-corrected chi connectivity index (χ1v) is 5.06. The molecule has 0 aliphatic rings. The summed E-state index contributed by atoms with van der Waals surface area (Å²) in [5.74, 6) is -1.06. The maximum atomic E-state index is 10.8. The molecule has 0 radical (unpaired) electrons. The molecule has 0 aromatic carbocycles. The van der Waals surface area contributed by atoms with Crippen LogP contribution in [0.1, 0.15) is 6.42 Å². The van der Waals surface area contributed by atoms with E-state index in [9.17, 15) is 14.9 Å². The fourth-order valence-electron chi connectivity index (χ4n) is 0.954. The lowest BCUT2D eigenvalue weighted by Gasteiger charge is -2.10. The number of hydrogen-bond acceptors (Lipinski definition) is 6. The summed E-state index contributed by atoms with van der Waals surface area (Å²) < 4.78 is 0. The summed E-state index contributed by atoms with van der Waals surface area (Å²) in [7, 11) is 0. The third-order valence-electron chi connectivity index (χ3n) is 1.67. The van der Waals surface area contributed by atoms with E-state index >= 15 is 0 Å². The Morgan fingerprint density at radius 2 is 2.56 bits per heavy atom. The van der Waals surface area contributed by atoms with Gasteiger partial charge in [0.2, 0.25) is 0 Å². The Labute approximate surface area is 94.6 Å². The average Bonchev–Trinajstić information content (AvgIpc) is 2.65. The van der Waals surface area contributed by atoms with Crippen LogP contribution in [-0.2, 0) is 4.79 Å². The van der Waals surface area contributed by atoms with Crippen molar-refractivity contribution in [3.8, 4) is 0 Å². The van der Waals surface area contributed by atoms with Gasteiger partial charge in [0.05, 0.1) is 4.92 Å². The van der Waals surface area contributed by atoms with Crippen LogP contribution in [0.2, 0.25) is 0 Å². The fourth-order valence-corrected chi connectivity index (χ4v) is 1.64. The molecule has 0 saturated heterocycles. The van der Waals surface area contributed by atoms with Crippen LogP contribution in [0, 0.1) is 10.1 Å². The monoisotopic (exact) mass is 243 g/mol. The van der Waals surface area contributed by atoms with E-state index in [1.165, 1.54) is 6.08 Å². The van der Waals surface area contributed by atoms with Crippen LogP contribution in [0.25, 0.3) is 0 Å². The van der Waals surface area contributed by atoms with Crippen molar-refractivity contribution in [2.24, 2.45) is 0 Å². The molecule has 0 spiro atoms. The average molecular weight is 243 g/mol. The fraction of sp³-hybridized carbons (Fsp3) is 0.250. The molecule has 0 aliphatic carbocycles. The summed E-state index contributed by atoms with van der Waals surface area (Å²) >= 11 is 0.794. The Kier molecular flexibility index (Phi) is 3.95. The highest BCUT2D eigenvalue weighted by atomic mass is 32.1. The predicted molar refractivity (Wildman–Crippen MR) is 58.6 cm³/mol. The highest BCUT2D eigenvalue weighted by Crippen LogP contribution is 2.25. The van der Waals surface area contributed by atoms with Gasteiger partial charge in [-0.3, -0.25) is 10.1 Å². The molecule has 0 bridgehead atoms. The minimum Gasteiger partial charge on any atom is -0.480 e. The Hall–Kier alpha value is -1.96. The minimum atomic E-state index is -1.06. The number of carbonyl (C=O) groups is 1. The number of carboxylic acids is 1. The van der Waals surface area contributed by atoms with E-state index in [1.54, 1.807) is 0 Å². The van der Waals surface area contributed by atoms with E-state index in [0.29, 0.717) is 0 Å². The molecule has 7 nitrogen and oxygen atoms in total. The number of carboxylic acid groups (broad SMARTS) is 1. The first-order chi connectivity index (χ1) is 7.54. The van der Waals surface area contributed by atoms with Crippen molar-refractivity contribution >= 4 is 27.4 Å². The standard InChI is InChI=1S/C8H9N3O4S/c1-2-3-5(7(12)13)10-8-9-4-6(16-8)11(14)15/h2,4-5H,1,3H2,(H,9,10)(H,12,13). The Morgan fingerprint density at radius 1 is 1.88 bits per heavy atom. The van der Waals surface area contributed by atoms with E-state index in [-0.39, 0.29) is 16.6 Å². The Morgan fingerprint density at radius 3 is 3.00 bits per heavy atom. The molecule has 2 N–H and O–H groups in total. The summed E-state index contributed by atoms with van der Waals surface area (Å²) in [4.78, 5) is 24.3.